The number of nitrogens with one attached hydrogen (secondary N) is 2. The van der Waals surface area contributed by atoms with Crippen molar-refractivity contribution in [1.82, 2.24) is 15.0 Å². The molecule has 1 aliphatic carbocycles. The van der Waals surface area contributed by atoms with Gasteiger partial charge in [-0.3, -0.25) is 4.79 Å². The number of rotatable bonds is 6. The molecular formula is C22H24FN7O. The van der Waals surface area contributed by atoms with Crippen LogP contribution in [0.4, 0.5) is 21.7 Å². The van der Waals surface area contributed by atoms with Gasteiger partial charge in [-0.15, -0.1) is 0 Å². The minimum Gasteiger partial charge on any atom is -0.365 e. The molecule has 31 heavy (non-hydrogen) atoms. The van der Waals surface area contributed by atoms with Gasteiger partial charge in [0.2, 0.25) is 0 Å². The summed E-state index contributed by atoms with van der Waals surface area (Å²) >= 11 is 0. The lowest BCUT2D eigenvalue weighted by Gasteiger charge is -2.30. The zero-order valence-corrected chi connectivity index (χ0v) is 16.9. The highest BCUT2D eigenvalue weighted by molar-refractivity contribution is 5.98. The van der Waals surface area contributed by atoms with E-state index in [1.165, 1.54) is 6.33 Å². The van der Waals surface area contributed by atoms with E-state index in [1.807, 2.05) is 24.3 Å². The van der Waals surface area contributed by atoms with E-state index in [4.69, 9.17) is 11.5 Å². The smallest absolute Gasteiger partial charge is 0.252 e. The Morgan fingerprint density at radius 3 is 2.58 bits per heavy atom. The lowest BCUT2D eigenvalue weighted by molar-refractivity contribution is 0.100. The number of carbonyl (C=O) groups is 1. The SMILES string of the molecule is NC(=O)c1cc(F)c(N[C@@H]2CCCC[C@@H]2N)nc1Nc1cccc(-c2cncnc2)c1. The fourth-order valence-corrected chi connectivity index (χ4v) is 3.75. The van der Waals surface area contributed by atoms with Crippen molar-refractivity contribution < 1.29 is 9.18 Å². The molecule has 1 fully saturated rings. The zero-order chi connectivity index (χ0) is 21.8. The van der Waals surface area contributed by atoms with Crippen molar-refractivity contribution in [3.63, 3.8) is 0 Å². The van der Waals surface area contributed by atoms with E-state index in [0.717, 1.165) is 42.9 Å². The van der Waals surface area contributed by atoms with Crippen LogP contribution in [0.2, 0.25) is 0 Å². The lowest BCUT2D eigenvalue weighted by atomic mass is 9.91. The summed E-state index contributed by atoms with van der Waals surface area (Å²) in [5.74, 6) is -1.21. The first-order chi connectivity index (χ1) is 15.0. The maximum atomic E-state index is 14.7. The second-order valence-corrected chi connectivity index (χ2v) is 7.61. The summed E-state index contributed by atoms with van der Waals surface area (Å²) in [5.41, 5.74) is 14.0. The normalized spacial score (nSPS) is 18.4. The minimum atomic E-state index is -0.776. The zero-order valence-electron chi connectivity index (χ0n) is 16.9. The molecule has 1 saturated carbocycles. The monoisotopic (exact) mass is 421 g/mol. The number of benzene rings is 1. The molecule has 2 atom stereocenters. The maximum absolute atomic E-state index is 14.7. The molecule has 3 aromatic rings. The van der Waals surface area contributed by atoms with Gasteiger partial charge in [-0.05, 0) is 36.6 Å². The molecule has 9 heteroatoms. The largest absolute Gasteiger partial charge is 0.365 e. The van der Waals surface area contributed by atoms with Crippen LogP contribution in [0.5, 0.6) is 0 Å². The van der Waals surface area contributed by atoms with Gasteiger partial charge in [0.1, 0.15) is 12.1 Å². The Labute approximate surface area is 179 Å². The van der Waals surface area contributed by atoms with Crippen LogP contribution in [0.15, 0.2) is 49.1 Å². The molecule has 160 valence electrons. The summed E-state index contributed by atoms with van der Waals surface area (Å²) in [6.07, 6.45) is 8.65. The number of pyridine rings is 1. The Morgan fingerprint density at radius 1 is 1.06 bits per heavy atom. The first-order valence-corrected chi connectivity index (χ1v) is 10.2. The van der Waals surface area contributed by atoms with Crippen LogP contribution in [0, 0.1) is 5.82 Å². The molecule has 4 rings (SSSR count). The summed E-state index contributed by atoms with van der Waals surface area (Å²) in [4.78, 5) is 24.3. The fraction of sp³-hybridized carbons (Fsp3) is 0.273. The third-order valence-corrected chi connectivity index (χ3v) is 5.40. The van der Waals surface area contributed by atoms with Crippen LogP contribution in [0.25, 0.3) is 11.1 Å². The molecule has 0 unspecified atom stereocenters. The third kappa shape index (κ3) is 4.77. The molecule has 1 aromatic carbocycles. The number of amides is 1. The molecule has 8 nitrogen and oxygen atoms in total. The van der Waals surface area contributed by atoms with E-state index in [1.54, 1.807) is 12.4 Å². The Hall–Kier alpha value is -3.59. The molecule has 0 spiro atoms. The van der Waals surface area contributed by atoms with Crippen molar-refractivity contribution in [3.8, 4) is 11.1 Å². The Morgan fingerprint density at radius 2 is 1.84 bits per heavy atom. The van der Waals surface area contributed by atoms with E-state index in [2.05, 4.69) is 25.6 Å². The van der Waals surface area contributed by atoms with Crippen molar-refractivity contribution in [3.05, 3.63) is 60.4 Å². The van der Waals surface area contributed by atoms with Gasteiger partial charge in [-0.1, -0.05) is 25.0 Å². The Kier molecular flexibility index (Phi) is 6.03. The van der Waals surface area contributed by atoms with Crippen molar-refractivity contribution >= 4 is 23.2 Å². The van der Waals surface area contributed by atoms with Gasteiger partial charge in [-0.2, -0.15) is 0 Å². The number of halogens is 1. The summed E-state index contributed by atoms with van der Waals surface area (Å²) < 4.78 is 14.7. The number of aromatic nitrogens is 3. The standard InChI is InChI=1S/C22H24FN7O/c23-17-9-16(20(25)31)21(30-22(17)29-19-7-2-1-6-18(19)24)28-15-5-3-4-13(8-15)14-10-26-12-27-11-14/h3-5,8-12,18-19H,1-2,6-7,24H2,(H2,25,31)(H2,28,29,30)/t18-,19+/m0/s1. The molecule has 1 aliphatic rings. The molecule has 6 N–H and O–H groups in total. The third-order valence-electron chi connectivity index (χ3n) is 5.40. The van der Waals surface area contributed by atoms with Gasteiger partial charge >= 0.3 is 0 Å². The highest BCUT2D eigenvalue weighted by Crippen LogP contribution is 2.28. The fourth-order valence-electron chi connectivity index (χ4n) is 3.75. The van der Waals surface area contributed by atoms with Gasteiger partial charge in [0.05, 0.1) is 5.56 Å². The topological polar surface area (TPSA) is 132 Å². The number of nitrogens with zero attached hydrogens (tertiary/aromatic N) is 3. The minimum absolute atomic E-state index is 0.0376. The first kappa shape index (κ1) is 20.7. The number of anilines is 3. The van der Waals surface area contributed by atoms with Crippen molar-refractivity contribution in [2.24, 2.45) is 11.5 Å². The van der Waals surface area contributed by atoms with Crippen LogP contribution >= 0.6 is 0 Å². The predicted octanol–water partition coefficient (Wildman–Crippen LogP) is 3.20. The summed E-state index contributed by atoms with van der Waals surface area (Å²) in [6, 6.07) is 8.37. The van der Waals surface area contributed by atoms with E-state index in [9.17, 15) is 9.18 Å². The van der Waals surface area contributed by atoms with Crippen LogP contribution in [-0.2, 0) is 0 Å². The lowest BCUT2D eigenvalue weighted by Crippen LogP contribution is -2.43. The first-order valence-electron chi connectivity index (χ1n) is 10.2. The second kappa shape index (κ2) is 9.05. The summed E-state index contributed by atoms with van der Waals surface area (Å²) in [7, 11) is 0. The summed E-state index contributed by atoms with van der Waals surface area (Å²) in [5, 5.41) is 6.20. The van der Waals surface area contributed by atoms with E-state index >= 15 is 0 Å². The van der Waals surface area contributed by atoms with Gasteiger partial charge in [0.25, 0.3) is 5.91 Å². The van der Waals surface area contributed by atoms with Crippen LogP contribution in [0.3, 0.4) is 0 Å². The number of hydrogen-bond acceptors (Lipinski definition) is 7. The van der Waals surface area contributed by atoms with Gasteiger partial charge in [0, 0.05) is 35.7 Å². The van der Waals surface area contributed by atoms with Crippen molar-refractivity contribution in [2.75, 3.05) is 10.6 Å². The second-order valence-electron chi connectivity index (χ2n) is 7.61. The number of primary amides is 1. The molecule has 2 heterocycles. The van der Waals surface area contributed by atoms with Gasteiger partial charge < -0.3 is 22.1 Å². The quantitative estimate of drug-likeness (QED) is 0.480. The molecule has 0 bridgehead atoms. The molecule has 0 radical (unpaired) electrons. The highest BCUT2D eigenvalue weighted by Gasteiger charge is 2.24. The Balaban J connectivity index is 1.64. The maximum Gasteiger partial charge on any atom is 0.252 e. The van der Waals surface area contributed by atoms with Crippen molar-refractivity contribution in [1.29, 1.82) is 0 Å². The number of nitrogens with two attached hydrogens (primary N) is 2. The van der Waals surface area contributed by atoms with Gasteiger partial charge in [-0.25, -0.2) is 19.3 Å². The molecule has 0 saturated heterocycles. The average Bonchev–Trinajstić information content (AvgIpc) is 2.78. The molecule has 2 aromatic heterocycles. The number of carbonyl (C=O) groups excluding carboxylic acids is 1. The molecular weight excluding hydrogens is 397 g/mol. The van der Waals surface area contributed by atoms with Gasteiger partial charge in [0.15, 0.2) is 11.6 Å². The Bertz CT molecular complexity index is 1080. The van der Waals surface area contributed by atoms with E-state index in [0.29, 0.717) is 5.69 Å². The van der Waals surface area contributed by atoms with E-state index in [-0.39, 0.29) is 29.3 Å². The van der Waals surface area contributed by atoms with Crippen LogP contribution < -0.4 is 22.1 Å². The van der Waals surface area contributed by atoms with E-state index < -0.39 is 11.7 Å². The average molecular weight is 421 g/mol. The highest BCUT2D eigenvalue weighted by atomic mass is 19.1. The summed E-state index contributed by atoms with van der Waals surface area (Å²) in [6.45, 7) is 0. The van der Waals surface area contributed by atoms with Crippen molar-refractivity contribution in [2.45, 2.75) is 37.8 Å². The predicted molar refractivity (Wildman–Crippen MR) is 117 cm³/mol. The van der Waals surface area contributed by atoms with Crippen LogP contribution in [-0.4, -0.2) is 32.9 Å². The molecule has 0 aliphatic heterocycles. The molecule has 1 amide bonds. The van der Waals surface area contributed by atoms with Crippen LogP contribution in [0.1, 0.15) is 36.0 Å². The number of hydrogen-bond donors (Lipinski definition) is 4.